The Kier molecular flexibility index (Phi) is 9.78. The molecule has 11 heteroatoms. The van der Waals surface area contributed by atoms with E-state index in [9.17, 15) is 29.1 Å². The summed E-state index contributed by atoms with van der Waals surface area (Å²) in [6.45, 7) is 9.20. The first-order valence-corrected chi connectivity index (χ1v) is 15.9. The smallest absolute Gasteiger partial charge is 0.309 e. The molecule has 2 aliphatic heterocycles. The second-order valence-corrected chi connectivity index (χ2v) is 13.8. The second kappa shape index (κ2) is 12.9. The zero-order valence-electron chi connectivity index (χ0n) is 26.9. The third-order valence-corrected chi connectivity index (χ3v) is 11.3. The van der Waals surface area contributed by atoms with E-state index in [1.54, 1.807) is 44.0 Å². The highest BCUT2D eigenvalue weighted by atomic mass is 16.4. The number of amides is 4. The second-order valence-electron chi connectivity index (χ2n) is 13.8. The number of carboxylic acid groups (broad SMARTS) is 1. The van der Waals surface area contributed by atoms with Gasteiger partial charge in [0.05, 0.1) is 16.9 Å². The van der Waals surface area contributed by atoms with Gasteiger partial charge < -0.3 is 31.3 Å². The van der Waals surface area contributed by atoms with Crippen molar-refractivity contribution in [3.05, 3.63) is 29.8 Å². The molecule has 242 valence electrons. The summed E-state index contributed by atoms with van der Waals surface area (Å²) in [5.41, 5.74) is -1.34. The maximum absolute atomic E-state index is 13.7. The van der Waals surface area contributed by atoms with Crippen LogP contribution in [-0.4, -0.2) is 70.8 Å². The SMILES string of the molecule is CN[C@@H](C)C(=O)N[C@H]1CCCC[C@H]2CC[C@@H](C(=O)NCc3cccc(NC(=O)C4(C)CCC(C)(C(=O)O)C4(C)C)c3)N2C1=O. The molecule has 0 spiro atoms. The first-order valence-electron chi connectivity index (χ1n) is 15.9. The lowest BCUT2D eigenvalue weighted by atomic mass is 9.59. The summed E-state index contributed by atoms with van der Waals surface area (Å²) in [7, 11) is 1.69. The number of aliphatic carboxylic acids is 1. The van der Waals surface area contributed by atoms with Crippen molar-refractivity contribution in [3.63, 3.8) is 0 Å². The largest absolute Gasteiger partial charge is 0.481 e. The van der Waals surface area contributed by atoms with Gasteiger partial charge in [0.2, 0.25) is 23.6 Å². The summed E-state index contributed by atoms with van der Waals surface area (Å²) in [5.74, 6) is -1.80. The van der Waals surface area contributed by atoms with Gasteiger partial charge in [-0.25, -0.2) is 0 Å². The van der Waals surface area contributed by atoms with Crippen LogP contribution >= 0.6 is 0 Å². The van der Waals surface area contributed by atoms with Crippen LogP contribution in [0.15, 0.2) is 24.3 Å². The van der Waals surface area contributed by atoms with E-state index < -0.39 is 40.3 Å². The average Bonchev–Trinajstić information content (AvgIpc) is 3.49. The lowest BCUT2D eigenvalue weighted by Gasteiger charge is -2.44. The quantitative estimate of drug-likeness (QED) is 0.287. The average molecular weight is 612 g/mol. The van der Waals surface area contributed by atoms with E-state index in [1.807, 2.05) is 26.8 Å². The van der Waals surface area contributed by atoms with Crippen LogP contribution in [-0.2, 0) is 30.5 Å². The summed E-state index contributed by atoms with van der Waals surface area (Å²) < 4.78 is 0. The number of rotatable bonds is 9. The number of anilines is 1. The Morgan fingerprint density at radius 1 is 1.00 bits per heavy atom. The molecule has 0 bridgehead atoms. The normalized spacial score (nSPS) is 30.5. The van der Waals surface area contributed by atoms with Crippen molar-refractivity contribution in [3.8, 4) is 0 Å². The van der Waals surface area contributed by atoms with Gasteiger partial charge in [0, 0.05) is 18.3 Å². The van der Waals surface area contributed by atoms with E-state index in [-0.39, 0.29) is 36.2 Å². The standard InChI is InChI=1S/C33H49N5O6/c1-20(34-6)26(39)37-24-13-8-7-12-23-14-15-25(38(23)28(24)41)27(40)35-19-21-10-9-11-22(18-21)36-29(42)32(4)16-17-33(5,30(43)44)31(32,2)3/h9-11,18,20,23-25,34H,7-8,12-17,19H2,1-6H3,(H,35,40)(H,36,42)(H,37,39)(H,43,44)/t20-,23-,24-,25-,32?,33?/m0/s1. The Bertz CT molecular complexity index is 1300. The maximum atomic E-state index is 13.7. The van der Waals surface area contributed by atoms with E-state index >= 15 is 0 Å². The highest BCUT2D eigenvalue weighted by Crippen LogP contribution is 2.63. The van der Waals surface area contributed by atoms with Gasteiger partial charge in [-0.15, -0.1) is 0 Å². The van der Waals surface area contributed by atoms with Crippen LogP contribution in [0.25, 0.3) is 0 Å². The molecule has 4 rings (SSSR count). The molecule has 2 unspecified atom stereocenters. The van der Waals surface area contributed by atoms with Crippen LogP contribution in [0.2, 0.25) is 0 Å². The van der Waals surface area contributed by atoms with Crippen LogP contribution in [0.4, 0.5) is 5.69 Å². The van der Waals surface area contributed by atoms with E-state index in [2.05, 4.69) is 21.3 Å². The third-order valence-electron chi connectivity index (χ3n) is 11.3. The maximum Gasteiger partial charge on any atom is 0.309 e. The lowest BCUT2D eigenvalue weighted by molar-refractivity contribution is -0.157. The molecule has 1 aliphatic carbocycles. The fourth-order valence-electron chi connectivity index (χ4n) is 7.19. The number of hydrogen-bond acceptors (Lipinski definition) is 6. The summed E-state index contributed by atoms with van der Waals surface area (Å²) in [4.78, 5) is 67.0. The molecule has 0 aromatic heterocycles. The molecule has 44 heavy (non-hydrogen) atoms. The third kappa shape index (κ3) is 6.07. The zero-order chi connectivity index (χ0) is 32.4. The molecular formula is C33H49N5O6. The zero-order valence-corrected chi connectivity index (χ0v) is 26.9. The minimum atomic E-state index is -1.02. The van der Waals surface area contributed by atoms with Crippen molar-refractivity contribution >= 4 is 35.3 Å². The molecule has 1 aromatic carbocycles. The Hall–Kier alpha value is -3.47. The summed E-state index contributed by atoms with van der Waals surface area (Å²) in [5, 5.41) is 21.7. The fraction of sp³-hybridized carbons (Fsp3) is 0.667. The van der Waals surface area contributed by atoms with Crippen LogP contribution in [0.1, 0.15) is 91.5 Å². The highest BCUT2D eigenvalue weighted by Gasteiger charge is 2.64. The highest BCUT2D eigenvalue weighted by molar-refractivity contribution is 5.97. The number of hydrogen-bond donors (Lipinski definition) is 5. The number of benzene rings is 1. The number of nitrogens with zero attached hydrogens (tertiary/aromatic N) is 1. The molecule has 2 saturated heterocycles. The first kappa shape index (κ1) is 33.4. The van der Waals surface area contributed by atoms with Gasteiger partial charge in [-0.3, -0.25) is 24.0 Å². The lowest BCUT2D eigenvalue weighted by Crippen LogP contribution is -2.57. The van der Waals surface area contributed by atoms with Crippen LogP contribution in [0, 0.1) is 16.2 Å². The van der Waals surface area contributed by atoms with E-state index in [4.69, 9.17) is 0 Å². The summed E-state index contributed by atoms with van der Waals surface area (Å²) in [6, 6.07) is 5.50. The fourth-order valence-corrected chi connectivity index (χ4v) is 7.19. The van der Waals surface area contributed by atoms with Crippen molar-refractivity contribution in [1.29, 1.82) is 0 Å². The summed E-state index contributed by atoms with van der Waals surface area (Å²) >= 11 is 0. The minimum Gasteiger partial charge on any atom is -0.481 e. The van der Waals surface area contributed by atoms with E-state index in [0.717, 1.165) is 31.2 Å². The number of carbonyl (C=O) groups is 5. The van der Waals surface area contributed by atoms with Crippen molar-refractivity contribution < 1.29 is 29.1 Å². The predicted molar refractivity (Wildman–Crippen MR) is 166 cm³/mol. The monoisotopic (exact) mass is 611 g/mol. The van der Waals surface area contributed by atoms with Gasteiger partial charge in [0.25, 0.3) is 0 Å². The number of carboxylic acids is 1. The van der Waals surface area contributed by atoms with Gasteiger partial charge in [-0.05, 0) is 82.5 Å². The summed E-state index contributed by atoms with van der Waals surface area (Å²) in [6.07, 6.45) is 5.34. The van der Waals surface area contributed by atoms with E-state index in [0.29, 0.717) is 31.4 Å². The van der Waals surface area contributed by atoms with Crippen LogP contribution in [0.5, 0.6) is 0 Å². The molecule has 3 fully saturated rings. The Morgan fingerprint density at radius 3 is 2.34 bits per heavy atom. The van der Waals surface area contributed by atoms with Gasteiger partial charge in [0.15, 0.2) is 0 Å². The number of fused-ring (bicyclic) bond motifs is 1. The molecule has 1 aromatic rings. The van der Waals surface area contributed by atoms with Crippen molar-refractivity contribution in [2.45, 2.75) is 117 Å². The van der Waals surface area contributed by atoms with Crippen molar-refractivity contribution in [2.75, 3.05) is 12.4 Å². The first-order chi connectivity index (χ1) is 20.7. The Labute approximate surface area is 260 Å². The molecule has 11 nitrogen and oxygen atoms in total. The Balaban J connectivity index is 1.41. The van der Waals surface area contributed by atoms with Crippen molar-refractivity contribution in [2.24, 2.45) is 16.2 Å². The number of likely N-dealkylation sites (N-methyl/N-ethyl adjacent to an activating group) is 1. The Morgan fingerprint density at radius 2 is 1.68 bits per heavy atom. The van der Waals surface area contributed by atoms with Crippen molar-refractivity contribution in [1.82, 2.24) is 20.9 Å². The molecule has 3 aliphatic rings. The van der Waals surface area contributed by atoms with Crippen LogP contribution < -0.4 is 21.3 Å². The van der Waals surface area contributed by atoms with Crippen LogP contribution in [0.3, 0.4) is 0 Å². The number of nitrogens with one attached hydrogen (secondary N) is 4. The van der Waals surface area contributed by atoms with E-state index in [1.165, 1.54) is 0 Å². The predicted octanol–water partition coefficient (Wildman–Crippen LogP) is 3.18. The molecule has 5 N–H and O–H groups in total. The molecule has 6 atom stereocenters. The molecule has 1 saturated carbocycles. The molecular weight excluding hydrogens is 562 g/mol. The molecule has 2 heterocycles. The molecule has 4 amide bonds. The number of carbonyl (C=O) groups excluding carboxylic acids is 4. The minimum absolute atomic E-state index is 0.0256. The molecule has 0 radical (unpaired) electrons. The van der Waals surface area contributed by atoms with Gasteiger partial charge in [-0.1, -0.05) is 45.7 Å². The van der Waals surface area contributed by atoms with Gasteiger partial charge >= 0.3 is 5.97 Å². The van der Waals surface area contributed by atoms with Gasteiger partial charge in [-0.2, -0.15) is 0 Å². The van der Waals surface area contributed by atoms with Gasteiger partial charge in [0.1, 0.15) is 12.1 Å². The topological polar surface area (TPSA) is 157 Å².